The molecule has 76 valence electrons. The van der Waals surface area contributed by atoms with Gasteiger partial charge in [-0.15, -0.1) is 0 Å². The summed E-state index contributed by atoms with van der Waals surface area (Å²) in [5, 5.41) is 0. The first-order valence-corrected chi connectivity index (χ1v) is 5.29. The van der Waals surface area contributed by atoms with Crippen molar-refractivity contribution in [1.82, 2.24) is 0 Å². The molecule has 0 fully saturated rings. The summed E-state index contributed by atoms with van der Waals surface area (Å²) in [5.41, 5.74) is 5.84. The third-order valence-corrected chi connectivity index (χ3v) is 3.34. The van der Waals surface area contributed by atoms with Gasteiger partial charge in [-0.3, -0.25) is 0 Å². The number of hydrogen-bond acceptors (Lipinski definition) is 1. The maximum Gasteiger partial charge on any atom is 0.122 e. The van der Waals surface area contributed by atoms with Crippen molar-refractivity contribution in [2.45, 2.75) is 33.6 Å². The predicted molar refractivity (Wildman–Crippen MR) is 59.0 cm³/mol. The Morgan fingerprint density at radius 1 is 1.21 bits per heavy atom. The van der Waals surface area contributed by atoms with Crippen molar-refractivity contribution in [1.29, 1.82) is 0 Å². The summed E-state index contributed by atoms with van der Waals surface area (Å²) in [6.45, 7) is 6.69. The number of fused-ring (bicyclic) bond motifs is 1. The van der Waals surface area contributed by atoms with Crippen molar-refractivity contribution in [2.24, 2.45) is 5.92 Å². The van der Waals surface area contributed by atoms with E-state index in [0.717, 1.165) is 11.7 Å². The Morgan fingerprint density at radius 2 is 1.86 bits per heavy atom. The van der Waals surface area contributed by atoms with Crippen molar-refractivity contribution >= 4 is 0 Å². The fourth-order valence-electron chi connectivity index (χ4n) is 2.55. The Hall–Kier alpha value is -0.980. The molecule has 1 aromatic rings. The average Bonchev–Trinajstić information content (AvgIpc) is 2.54. The van der Waals surface area contributed by atoms with Crippen LogP contribution in [0.2, 0.25) is 0 Å². The molecule has 0 saturated heterocycles. The zero-order valence-electron chi connectivity index (χ0n) is 9.48. The molecule has 14 heavy (non-hydrogen) atoms. The fraction of sp³-hybridized carbons (Fsp3) is 0.538. The van der Waals surface area contributed by atoms with E-state index in [2.05, 4.69) is 26.8 Å². The van der Waals surface area contributed by atoms with Gasteiger partial charge in [0, 0.05) is 0 Å². The van der Waals surface area contributed by atoms with Crippen LogP contribution in [0.15, 0.2) is 6.07 Å². The Bertz CT molecular complexity index is 366. The van der Waals surface area contributed by atoms with E-state index in [4.69, 9.17) is 4.74 Å². The van der Waals surface area contributed by atoms with E-state index >= 15 is 0 Å². The first-order valence-electron chi connectivity index (χ1n) is 5.29. The lowest BCUT2D eigenvalue weighted by Crippen LogP contribution is -1.96. The second-order valence-corrected chi connectivity index (χ2v) is 4.49. The maximum absolute atomic E-state index is 5.39. The zero-order chi connectivity index (χ0) is 10.3. The topological polar surface area (TPSA) is 9.23 Å². The Kier molecular flexibility index (Phi) is 2.26. The van der Waals surface area contributed by atoms with Gasteiger partial charge in [0.05, 0.1) is 7.11 Å². The van der Waals surface area contributed by atoms with Gasteiger partial charge in [0.15, 0.2) is 0 Å². The number of ether oxygens (including phenoxy) is 1. The highest BCUT2D eigenvalue weighted by Crippen LogP contribution is 2.36. The number of rotatable bonds is 1. The van der Waals surface area contributed by atoms with Gasteiger partial charge < -0.3 is 4.74 Å². The second-order valence-electron chi connectivity index (χ2n) is 4.49. The molecule has 1 aromatic carbocycles. The monoisotopic (exact) mass is 190 g/mol. The maximum atomic E-state index is 5.39. The minimum absolute atomic E-state index is 0.800. The lowest BCUT2D eigenvalue weighted by molar-refractivity contribution is 0.410. The van der Waals surface area contributed by atoms with E-state index in [1.165, 1.54) is 29.5 Å². The van der Waals surface area contributed by atoms with Crippen LogP contribution in [0.1, 0.15) is 29.2 Å². The zero-order valence-corrected chi connectivity index (χ0v) is 9.48. The second kappa shape index (κ2) is 3.30. The van der Waals surface area contributed by atoms with Crippen LogP contribution in [-0.2, 0) is 12.8 Å². The van der Waals surface area contributed by atoms with E-state index in [1.807, 2.05) is 0 Å². The van der Waals surface area contributed by atoms with Crippen LogP contribution < -0.4 is 4.74 Å². The molecule has 0 amide bonds. The van der Waals surface area contributed by atoms with E-state index in [9.17, 15) is 0 Å². The van der Waals surface area contributed by atoms with Crippen LogP contribution >= 0.6 is 0 Å². The van der Waals surface area contributed by atoms with Crippen LogP contribution in [0, 0.1) is 19.8 Å². The predicted octanol–water partition coefficient (Wildman–Crippen LogP) is 3.05. The summed E-state index contributed by atoms with van der Waals surface area (Å²) < 4.78 is 5.39. The summed E-state index contributed by atoms with van der Waals surface area (Å²) >= 11 is 0. The standard InChI is InChI=1S/C13H18O/c1-8-5-11-9(2)7-13(14-4)10(3)12(11)6-8/h7-8H,5-6H2,1-4H3. The largest absolute Gasteiger partial charge is 0.496 e. The van der Waals surface area contributed by atoms with Gasteiger partial charge in [-0.25, -0.2) is 0 Å². The van der Waals surface area contributed by atoms with Crippen molar-refractivity contribution < 1.29 is 4.74 Å². The molecule has 1 atom stereocenters. The van der Waals surface area contributed by atoms with E-state index < -0.39 is 0 Å². The van der Waals surface area contributed by atoms with Gasteiger partial charge in [0.1, 0.15) is 5.75 Å². The summed E-state index contributed by atoms with van der Waals surface area (Å²) in [6, 6.07) is 2.17. The molecule has 0 aromatic heterocycles. The Morgan fingerprint density at radius 3 is 2.50 bits per heavy atom. The molecule has 1 aliphatic rings. The smallest absolute Gasteiger partial charge is 0.122 e. The molecule has 1 heteroatoms. The van der Waals surface area contributed by atoms with Crippen LogP contribution in [0.4, 0.5) is 0 Å². The molecule has 0 heterocycles. The molecular weight excluding hydrogens is 172 g/mol. The quantitative estimate of drug-likeness (QED) is 0.661. The molecule has 0 spiro atoms. The van der Waals surface area contributed by atoms with E-state index in [0.29, 0.717) is 0 Å². The van der Waals surface area contributed by atoms with Gasteiger partial charge in [-0.05, 0) is 60.9 Å². The third-order valence-electron chi connectivity index (χ3n) is 3.34. The molecule has 0 N–H and O–H groups in total. The van der Waals surface area contributed by atoms with Gasteiger partial charge >= 0.3 is 0 Å². The first-order chi connectivity index (χ1) is 6.63. The van der Waals surface area contributed by atoms with Gasteiger partial charge in [-0.1, -0.05) is 6.92 Å². The number of benzene rings is 1. The van der Waals surface area contributed by atoms with Crippen molar-refractivity contribution in [2.75, 3.05) is 7.11 Å². The molecule has 2 rings (SSSR count). The summed E-state index contributed by atoms with van der Waals surface area (Å²) in [7, 11) is 1.76. The molecule has 1 nitrogen and oxygen atoms in total. The Balaban J connectivity index is 2.58. The van der Waals surface area contributed by atoms with Gasteiger partial charge in [0.2, 0.25) is 0 Å². The molecular formula is C13H18O. The van der Waals surface area contributed by atoms with Gasteiger partial charge in [0.25, 0.3) is 0 Å². The number of hydrogen-bond donors (Lipinski definition) is 0. The van der Waals surface area contributed by atoms with Crippen molar-refractivity contribution in [3.8, 4) is 5.75 Å². The minimum atomic E-state index is 0.800. The van der Waals surface area contributed by atoms with Gasteiger partial charge in [-0.2, -0.15) is 0 Å². The number of methoxy groups -OCH3 is 1. The molecule has 0 bridgehead atoms. The first kappa shape index (κ1) is 9.57. The molecule has 0 radical (unpaired) electrons. The number of aryl methyl sites for hydroxylation is 1. The molecule has 1 unspecified atom stereocenters. The third kappa shape index (κ3) is 1.31. The normalized spacial score (nSPS) is 19.6. The molecule has 0 saturated carbocycles. The summed E-state index contributed by atoms with van der Waals surface area (Å²) in [4.78, 5) is 0. The highest BCUT2D eigenvalue weighted by atomic mass is 16.5. The fourth-order valence-corrected chi connectivity index (χ4v) is 2.55. The summed E-state index contributed by atoms with van der Waals surface area (Å²) in [6.07, 6.45) is 2.46. The highest BCUT2D eigenvalue weighted by Gasteiger charge is 2.23. The van der Waals surface area contributed by atoms with Crippen LogP contribution in [0.3, 0.4) is 0 Å². The lowest BCUT2D eigenvalue weighted by Gasteiger charge is -2.12. The van der Waals surface area contributed by atoms with Crippen LogP contribution in [-0.4, -0.2) is 7.11 Å². The SMILES string of the molecule is COc1cc(C)c2c(c1C)CC(C)C2. The van der Waals surface area contributed by atoms with Crippen molar-refractivity contribution in [3.05, 3.63) is 28.3 Å². The average molecular weight is 190 g/mol. The Labute approximate surface area is 86.1 Å². The molecule has 1 aliphatic carbocycles. The van der Waals surface area contributed by atoms with Crippen molar-refractivity contribution in [3.63, 3.8) is 0 Å². The molecule has 0 aliphatic heterocycles. The van der Waals surface area contributed by atoms with Crippen LogP contribution in [0.5, 0.6) is 5.75 Å². The lowest BCUT2D eigenvalue weighted by atomic mass is 9.99. The van der Waals surface area contributed by atoms with E-state index in [-0.39, 0.29) is 0 Å². The highest BCUT2D eigenvalue weighted by molar-refractivity contribution is 5.51. The van der Waals surface area contributed by atoms with Crippen LogP contribution in [0.25, 0.3) is 0 Å². The van der Waals surface area contributed by atoms with E-state index in [1.54, 1.807) is 12.7 Å². The minimum Gasteiger partial charge on any atom is -0.496 e. The summed E-state index contributed by atoms with van der Waals surface area (Å²) in [5.74, 6) is 1.85.